The van der Waals surface area contributed by atoms with Crippen LogP contribution in [0.1, 0.15) is 13.8 Å². The predicted molar refractivity (Wildman–Crippen MR) is 85.8 cm³/mol. The summed E-state index contributed by atoms with van der Waals surface area (Å²) >= 11 is 3.21. The van der Waals surface area contributed by atoms with Gasteiger partial charge in [0.25, 0.3) is 0 Å². The number of rotatable bonds is 5. The molecule has 1 N–H and O–H groups in total. The quantitative estimate of drug-likeness (QED) is 0.607. The van der Waals surface area contributed by atoms with Crippen molar-refractivity contribution in [1.29, 1.82) is 0 Å². The van der Waals surface area contributed by atoms with Crippen LogP contribution in [0.4, 0.5) is 11.4 Å². The molecule has 0 aromatic heterocycles. The highest BCUT2D eigenvalue weighted by molar-refractivity contribution is 14.1. The lowest BCUT2D eigenvalue weighted by molar-refractivity contribution is 0.486. The Balaban J connectivity index is 2.36. The Hall–Kier alpha value is -0.320. The van der Waals surface area contributed by atoms with E-state index in [2.05, 4.69) is 36.0 Å². The van der Waals surface area contributed by atoms with Crippen molar-refractivity contribution in [1.82, 2.24) is 4.72 Å². The molecule has 1 aromatic carbocycles. The second-order valence-electron chi connectivity index (χ2n) is 4.51. The topological polar surface area (TPSA) is 70.9 Å². The zero-order chi connectivity index (χ0) is 14.0. The summed E-state index contributed by atoms with van der Waals surface area (Å²) in [4.78, 5) is 0.203. The Bertz CT molecular complexity index is 652. The van der Waals surface area contributed by atoms with Gasteiger partial charge in [-0.1, -0.05) is 42.5 Å². The molecule has 5 nitrogen and oxygen atoms in total. The number of alkyl halides is 1. The Morgan fingerprint density at radius 1 is 1.37 bits per heavy atom. The van der Waals surface area contributed by atoms with Gasteiger partial charge in [0.1, 0.15) is 16.3 Å². The Morgan fingerprint density at radius 3 is 2.74 bits per heavy atom. The van der Waals surface area contributed by atoms with Gasteiger partial charge in [0.05, 0.1) is 11.4 Å². The van der Waals surface area contributed by atoms with Crippen molar-refractivity contribution in [2.75, 3.05) is 4.43 Å². The molecule has 0 fully saturated rings. The zero-order valence-corrected chi connectivity index (χ0v) is 14.3. The van der Waals surface area contributed by atoms with E-state index in [4.69, 9.17) is 0 Å². The van der Waals surface area contributed by atoms with Crippen LogP contribution in [0.15, 0.2) is 31.8 Å². The first-order chi connectivity index (χ1) is 8.95. The summed E-state index contributed by atoms with van der Waals surface area (Å²) in [5.41, 5.74) is 1.06. The summed E-state index contributed by atoms with van der Waals surface area (Å²) in [6.45, 7) is 3.99. The number of sulfonamides is 1. The van der Waals surface area contributed by atoms with Gasteiger partial charge in [-0.05, 0) is 18.1 Å². The fourth-order valence-corrected chi connectivity index (χ4v) is 5.29. The van der Waals surface area contributed by atoms with Crippen LogP contribution in [0.25, 0.3) is 0 Å². The summed E-state index contributed by atoms with van der Waals surface area (Å²) in [5, 5.41) is 0. The van der Waals surface area contributed by atoms with Crippen LogP contribution in [-0.4, -0.2) is 18.9 Å². The van der Waals surface area contributed by atoms with Crippen LogP contribution in [0.5, 0.6) is 0 Å². The van der Waals surface area contributed by atoms with Crippen molar-refractivity contribution in [2.45, 2.75) is 24.8 Å². The number of halogens is 1. The highest BCUT2D eigenvalue weighted by Crippen LogP contribution is 2.37. The van der Waals surface area contributed by atoms with E-state index < -0.39 is 10.0 Å². The number of benzene rings is 1. The van der Waals surface area contributed by atoms with Crippen molar-refractivity contribution in [3.05, 3.63) is 18.2 Å². The average molecular weight is 411 g/mol. The minimum absolute atomic E-state index is 0.0903. The van der Waals surface area contributed by atoms with E-state index in [0.717, 1.165) is 15.8 Å². The summed E-state index contributed by atoms with van der Waals surface area (Å²) in [6.07, 6.45) is 0. The lowest BCUT2D eigenvalue weighted by Gasteiger charge is -2.20. The standard InChI is InChI=1S/C11H14IN3O2S2/c1-7(2)9(6-12)15-19(16,17)10-5-3-4-8-11(10)14-18-13-8/h3-5,7,9,15H,6H2,1-2H3. The maximum absolute atomic E-state index is 12.4. The summed E-state index contributed by atoms with van der Waals surface area (Å²) in [7, 11) is -3.56. The van der Waals surface area contributed by atoms with Crippen LogP contribution in [0.2, 0.25) is 0 Å². The van der Waals surface area contributed by atoms with Gasteiger partial charge in [0.15, 0.2) is 0 Å². The molecule has 0 saturated carbocycles. The molecule has 1 aliphatic heterocycles. The molecule has 1 aromatic rings. The fourth-order valence-electron chi connectivity index (χ4n) is 1.61. The van der Waals surface area contributed by atoms with Gasteiger partial charge >= 0.3 is 0 Å². The normalized spacial score (nSPS) is 15.4. The average Bonchev–Trinajstić information content (AvgIpc) is 2.83. The molecule has 1 unspecified atom stereocenters. The predicted octanol–water partition coefficient (Wildman–Crippen LogP) is 3.15. The number of hydrogen-bond acceptors (Lipinski definition) is 4. The van der Waals surface area contributed by atoms with Crippen LogP contribution < -0.4 is 4.72 Å². The second-order valence-corrected chi connectivity index (χ2v) is 7.61. The molecule has 0 radical (unpaired) electrons. The molecule has 0 bridgehead atoms. The molecule has 8 heteroatoms. The number of nitrogens with zero attached hydrogens (tertiary/aromatic N) is 2. The van der Waals surface area contributed by atoms with Crippen molar-refractivity contribution in [2.24, 2.45) is 14.6 Å². The molecule has 1 atom stereocenters. The van der Waals surface area contributed by atoms with E-state index in [1.165, 1.54) is 0 Å². The van der Waals surface area contributed by atoms with Crippen LogP contribution >= 0.6 is 22.6 Å². The van der Waals surface area contributed by atoms with Crippen LogP contribution in [0, 0.1) is 5.92 Å². The number of fused-ring (bicyclic) bond motifs is 1. The van der Waals surface area contributed by atoms with E-state index in [-0.39, 0.29) is 16.9 Å². The maximum Gasteiger partial charge on any atom is 0.243 e. The second kappa shape index (κ2) is 5.98. The third kappa shape index (κ3) is 3.23. The molecule has 104 valence electrons. The summed E-state index contributed by atoms with van der Waals surface area (Å²) < 4.78 is 36.5. The molecule has 0 amide bonds. The molecule has 0 spiro atoms. The van der Waals surface area contributed by atoms with E-state index in [9.17, 15) is 8.42 Å². The van der Waals surface area contributed by atoms with Crippen molar-refractivity contribution in [3.8, 4) is 0 Å². The summed E-state index contributed by atoms with van der Waals surface area (Å²) in [5.74, 6) is 0.236. The van der Waals surface area contributed by atoms with E-state index in [0.29, 0.717) is 11.4 Å². The molecular formula is C11H14IN3O2S2. The molecule has 19 heavy (non-hydrogen) atoms. The van der Waals surface area contributed by atoms with Gasteiger partial charge in [0.2, 0.25) is 10.0 Å². The first-order valence-corrected chi connectivity index (χ1v) is 9.49. The fraction of sp³-hybridized carbons (Fsp3) is 0.455. The number of hydrogen-bond donors (Lipinski definition) is 1. The Kier molecular flexibility index (Phi) is 4.75. The third-order valence-electron chi connectivity index (χ3n) is 2.82. The van der Waals surface area contributed by atoms with Gasteiger partial charge < -0.3 is 0 Å². The highest BCUT2D eigenvalue weighted by Gasteiger charge is 2.26. The SMILES string of the molecule is CC(C)C(CI)NS(=O)(=O)c1cccc2c1N=S=N2. The Morgan fingerprint density at radius 2 is 2.11 bits per heavy atom. The third-order valence-corrected chi connectivity index (χ3v) is 5.83. The molecule has 1 aliphatic rings. The molecule has 0 saturated heterocycles. The van der Waals surface area contributed by atoms with Crippen LogP contribution in [0.3, 0.4) is 0 Å². The summed E-state index contributed by atoms with van der Waals surface area (Å²) in [6, 6.07) is 4.92. The highest BCUT2D eigenvalue weighted by atomic mass is 127. The van der Waals surface area contributed by atoms with E-state index in [1.54, 1.807) is 18.2 Å². The molecular weight excluding hydrogens is 397 g/mol. The zero-order valence-electron chi connectivity index (χ0n) is 10.5. The first-order valence-electron chi connectivity index (χ1n) is 5.75. The van der Waals surface area contributed by atoms with Crippen LogP contribution in [-0.2, 0) is 21.4 Å². The van der Waals surface area contributed by atoms with Gasteiger partial charge in [-0.2, -0.15) is 8.73 Å². The van der Waals surface area contributed by atoms with Crippen molar-refractivity contribution >= 4 is 55.3 Å². The van der Waals surface area contributed by atoms with E-state index >= 15 is 0 Å². The molecule has 2 rings (SSSR count). The lowest BCUT2D eigenvalue weighted by atomic mass is 10.1. The Labute approximate surface area is 130 Å². The van der Waals surface area contributed by atoms with Gasteiger partial charge in [-0.15, -0.1) is 0 Å². The largest absolute Gasteiger partial charge is 0.243 e. The molecule has 0 aliphatic carbocycles. The van der Waals surface area contributed by atoms with Gasteiger partial charge in [-0.25, -0.2) is 13.1 Å². The molecule has 1 heterocycles. The van der Waals surface area contributed by atoms with E-state index in [1.807, 2.05) is 13.8 Å². The lowest BCUT2D eigenvalue weighted by Crippen LogP contribution is -2.39. The minimum atomic E-state index is -3.56. The maximum atomic E-state index is 12.4. The monoisotopic (exact) mass is 411 g/mol. The number of nitrogens with one attached hydrogen (secondary N) is 1. The first kappa shape index (κ1) is 15.1. The minimum Gasteiger partial charge on any atom is -0.207 e. The van der Waals surface area contributed by atoms with Crippen molar-refractivity contribution in [3.63, 3.8) is 0 Å². The van der Waals surface area contributed by atoms with Crippen molar-refractivity contribution < 1.29 is 8.42 Å². The van der Waals surface area contributed by atoms with Gasteiger partial charge in [0, 0.05) is 10.5 Å². The van der Waals surface area contributed by atoms with Gasteiger partial charge in [-0.3, -0.25) is 0 Å². The smallest absolute Gasteiger partial charge is 0.207 e.